The number of carbonyl (C=O) groups excluding carboxylic acids is 2. The third-order valence-corrected chi connectivity index (χ3v) is 4.41. The number of rotatable bonds is 6. The van der Waals surface area contributed by atoms with E-state index in [-0.39, 0.29) is 17.8 Å². The van der Waals surface area contributed by atoms with E-state index in [0.29, 0.717) is 28.9 Å². The van der Waals surface area contributed by atoms with Crippen LogP contribution in [0.15, 0.2) is 29.6 Å². The summed E-state index contributed by atoms with van der Waals surface area (Å²) in [5.41, 5.74) is 0.926. The normalized spacial score (nSPS) is 10.6. The fourth-order valence-corrected chi connectivity index (χ4v) is 2.93. The second kappa shape index (κ2) is 8.82. The van der Waals surface area contributed by atoms with Gasteiger partial charge in [0.15, 0.2) is 5.69 Å². The van der Waals surface area contributed by atoms with Crippen molar-refractivity contribution in [3.8, 4) is 0 Å². The number of hydrogen-bond donors (Lipinski definition) is 1. The summed E-state index contributed by atoms with van der Waals surface area (Å²) in [5.74, 6) is -0.452. The first-order valence-corrected chi connectivity index (χ1v) is 9.11. The van der Waals surface area contributed by atoms with Crippen LogP contribution in [-0.4, -0.2) is 34.5 Å². The summed E-state index contributed by atoms with van der Waals surface area (Å²) in [5, 5.41) is 5.75. The Bertz CT molecular complexity index is 731. The zero-order valence-corrected chi connectivity index (χ0v) is 15.9. The lowest BCUT2D eigenvalue weighted by Gasteiger charge is -2.26. The SMILES string of the molecule is CCOC(=O)c1csc(CN(C(=O)Nc2ccc(Cl)cc2)C(C)C)n1. The molecule has 0 fully saturated rings. The maximum Gasteiger partial charge on any atom is 0.357 e. The maximum atomic E-state index is 12.6. The van der Waals surface area contributed by atoms with Crippen molar-refractivity contribution in [2.45, 2.75) is 33.4 Å². The van der Waals surface area contributed by atoms with Crippen LogP contribution in [-0.2, 0) is 11.3 Å². The first kappa shape index (κ1) is 19.2. The molecule has 134 valence electrons. The minimum absolute atomic E-state index is 0.0396. The average molecular weight is 382 g/mol. The van der Waals surface area contributed by atoms with Crippen molar-refractivity contribution < 1.29 is 14.3 Å². The third kappa shape index (κ3) is 5.44. The van der Waals surface area contributed by atoms with Gasteiger partial charge in [-0.15, -0.1) is 11.3 Å². The van der Waals surface area contributed by atoms with Gasteiger partial charge < -0.3 is 15.0 Å². The molecule has 2 amide bonds. The van der Waals surface area contributed by atoms with Crippen LogP contribution in [0.25, 0.3) is 0 Å². The van der Waals surface area contributed by atoms with Crippen molar-refractivity contribution in [2.75, 3.05) is 11.9 Å². The van der Waals surface area contributed by atoms with Gasteiger partial charge in [-0.1, -0.05) is 11.6 Å². The van der Waals surface area contributed by atoms with Crippen LogP contribution in [0.3, 0.4) is 0 Å². The quantitative estimate of drug-likeness (QED) is 0.752. The molecule has 2 rings (SSSR count). The molecule has 0 aliphatic heterocycles. The standard InChI is InChI=1S/C17H20ClN3O3S/c1-4-24-16(22)14-10-25-15(20-14)9-21(11(2)3)17(23)19-13-7-5-12(18)6-8-13/h5-8,10-11H,4,9H2,1-3H3,(H,19,23). The summed E-state index contributed by atoms with van der Waals surface area (Å²) in [6.45, 7) is 6.18. The Balaban J connectivity index is 2.06. The zero-order valence-electron chi connectivity index (χ0n) is 14.3. The second-order valence-electron chi connectivity index (χ2n) is 5.51. The van der Waals surface area contributed by atoms with Gasteiger partial charge >= 0.3 is 12.0 Å². The summed E-state index contributed by atoms with van der Waals surface area (Å²) in [6.07, 6.45) is 0. The highest BCUT2D eigenvalue weighted by molar-refractivity contribution is 7.09. The van der Waals surface area contributed by atoms with Crippen molar-refractivity contribution in [2.24, 2.45) is 0 Å². The predicted molar refractivity (Wildman–Crippen MR) is 99.2 cm³/mol. The first-order valence-electron chi connectivity index (χ1n) is 7.85. The number of carbonyl (C=O) groups is 2. The fraction of sp³-hybridized carbons (Fsp3) is 0.353. The molecule has 8 heteroatoms. The number of halogens is 1. The second-order valence-corrected chi connectivity index (χ2v) is 6.88. The van der Waals surface area contributed by atoms with Gasteiger partial charge in [-0.25, -0.2) is 14.6 Å². The van der Waals surface area contributed by atoms with Gasteiger partial charge in [0.2, 0.25) is 0 Å². The van der Waals surface area contributed by atoms with Crippen molar-refractivity contribution in [1.29, 1.82) is 0 Å². The molecule has 1 heterocycles. The van der Waals surface area contributed by atoms with Crippen LogP contribution in [0.5, 0.6) is 0 Å². The third-order valence-electron chi connectivity index (χ3n) is 3.32. The van der Waals surface area contributed by atoms with E-state index in [4.69, 9.17) is 16.3 Å². The molecule has 0 aliphatic rings. The molecule has 1 N–H and O–H groups in total. The smallest absolute Gasteiger partial charge is 0.357 e. The molecule has 0 radical (unpaired) electrons. The number of esters is 1. The van der Waals surface area contributed by atoms with Gasteiger partial charge in [-0.05, 0) is 45.0 Å². The summed E-state index contributed by atoms with van der Waals surface area (Å²) < 4.78 is 4.93. The highest BCUT2D eigenvalue weighted by Crippen LogP contribution is 2.18. The number of ether oxygens (including phenoxy) is 1. The average Bonchev–Trinajstić information content (AvgIpc) is 3.03. The van der Waals surface area contributed by atoms with Crippen molar-refractivity contribution in [3.63, 3.8) is 0 Å². The van der Waals surface area contributed by atoms with Gasteiger partial charge in [-0.2, -0.15) is 0 Å². The Labute approximate surface area is 155 Å². The number of benzene rings is 1. The molecular weight excluding hydrogens is 362 g/mol. The Morgan fingerprint density at radius 1 is 1.32 bits per heavy atom. The van der Waals surface area contributed by atoms with E-state index in [2.05, 4.69) is 10.3 Å². The van der Waals surface area contributed by atoms with Gasteiger partial charge in [0.1, 0.15) is 5.01 Å². The van der Waals surface area contributed by atoms with Gasteiger partial charge in [-0.3, -0.25) is 0 Å². The van der Waals surface area contributed by atoms with Crippen LogP contribution < -0.4 is 5.32 Å². The van der Waals surface area contributed by atoms with Gasteiger partial charge in [0, 0.05) is 22.1 Å². The minimum Gasteiger partial charge on any atom is -0.461 e. The lowest BCUT2D eigenvalue weighted by atomic mass is 10.3. The largest absolute Gasteiger partial charge is 0.461 e. The summed E-state index contributed by atoms with van der Waals surface area (Å²) >= 11 is 7.18. The number of hydrogen-bond acceptors (Lipinski definition) is 5. The lowest BCUT2D eigenvalue weighted by molar-refractivity contribution is 0.0520. The summed E-state index contributed by atoms with van der Waals surface area (Å²) in [4.78, 5) is 30.2. The molecule has 0 saturated carbocycles. The Morgan fingerprint density at radius 2 is 2.00 bits per heavy atom. The Kier molecular flexibility index (Phi) is 6.78. The summed E-state index contributed by atoms with van der Waals surface area (Å²) in [7, 11) is 0. The molecule has 6 nitrogen and oxygen atoms in total. The van der Waals surface area contributed by atoms with E-state index in [0.717, 1.165) is 0 Å². The van der Waals surface area contributed by atoms with Crippen LogP contribution >= 0.6 is 22.9 Å². The number of thiazole rings is 1. The molecule has 0 bridgehead atoms. The Morgan fingerprint density at radius 3 is 2.60 bits per heavy atom. The topological polar surface area (TPSA) is 71.5 Å². The number of aromatic nitrogens is 1. The molecule has 0 spiro atoms. The molecule has 0 aliphatic carbocycles. The summed E-state index contributed by atoms with van der Waals surface area (Å²) in [6, 6.07) is 6.61. The van der Waals surface area contributed by atoms with Crippen LogP contribution in [0, 0.1) is 0 Å². The van der Waals surface area contributed by atoms with Crippen LogP contribution in [0.4, 0.5) is 10.5 Å². The monoisotopic (exact) mass is 381 g/mol. The van der Waals surface area contributed by atoms with E-state index in [1.165, 1.54) is 11.3 Å². The molecule has 0 atom stereocenters. The molecule has 0 saturated heterocycles. The molecule has 25 heavy (non-hydrogen) atoms. The van der Waals surface area contributed by atoms with Crippen molar-refractivity contribution in [3.05, 3.63) is 45.4 Å². The molecule has 1 aromatic carbocycles. The lowest BCUT2D eigenvalue weighted by Crippen LogP contribution is -2.39. The minimum atomic E-state index is -0.452. The van der Waals surface area contributed by atoms with E-state index >= 15 is 0 Å². The number of anilines is 1. The molecule has 1 aromatic heterocycles. The molecular formula is C17H20ClN3O3S. The van der Waals surface area contributed by atoms with Crippen molar-refractivity contribution in [1.82, 2.24) is 9.88 Å². The predicted octanol–water partition coefficient (Wildman–Crippen LogP) is 4.42. The van der Waals surface area contributed by atoms with Crippen LogP contribution in [0.1, 0.15) is 36.3 Å². The first-order chi connectivity index (χ1) is 11.9. The molecule has 0 unspecified atom stereocenters. The number of nitrogens with one attached hydrogen (secondary N) is 1. The number of nitrogens with zero attached hydrogens (tertiary/aromatic N) is 2. The van der Waals surface area contributed by atoms with Gasteiger partial charge in [0.05, 0.1) is 13.2 Å². The fourth-order valence-electron chi connectivity index (χ4n) is 2.05. The number of amides is 2. The maximum absolute atomic E-state index is 12.6. The van der Waals surface area contributed by atoms with Gasteiger partial charge in [0.25, 0.3) is 0 Å². The van der Waals surface area contributed by atoms with E-state index in [9.17, 15) is 9.59 Å². The van der Waals surface area contributed by atoms with E-state index in [1.54, 1.807) is 41.5 Å². The highest BCUT2D eigenvalue weighted by Gasteiger charge is 2.20. The Hall–Kier alpha value is -2.12. The highest BCUT2D eigenvalue weighted by atomic mass is 35.5. The number of urea groups is 1. The zero-order chi connectivity index (χ0) is 18.4. The van der Waals surface area contributed by atoms with E-state index in [1.807, 2.05) is 13.8 Å². The molecule has 2 aromatic rings. The van der Waals surface area contributed by atoms with E-state index < -0.39 is 5.97 Å². The van der Waals surface area contributed by atoms with Crippen molar-refractivity contribution >= 4 is 40.6 Å². The van der Waals surface area contributed by atoms with Crippen LogP contribution in [0.2, 0.25) is 5.02 Å².